The van der Waals surface area contributed by atoms with Crippen molar-refractivity contribution in [2.45, 2.75) is 12.8 Å². The molecule has 3 aliphatic carbocycles. The number of allylic oxidation sites excluding steroid dienone is 6. The van der Waals surface area contributed by atoms with Crippen LogP contribution in [0.3, 0.4) is 0 Å². The zero-order valence-electron chi connectivity index (χ0n) is 8.49. The molecule has 2 fully saturated rings. The Kier molecular flexibility index (Phi) is 1.19. The van der Waals surface area contributed by atoms with Crippen LogP contribution in [0.4, 0.5) is 0 Å². The second kappa shape index (κ2) is 2.26. The zero-order chi connectivity index (χ0) is 10.0. The Morgan fingerprint density at radius 3 is 3.27 bits per heavy atom. The van der Waals surface area contributed by atoms with Gasteiger partial charge in [0.15, 0.2) is 5.78 Å². The molecular formula is C13H13NO. The Balaban J connectivity index is 1.92. The minimum Gasteiger partial charge on any atom is -0.387 e. The van der Waals surface area contributed by atoms with Crippen LogP contribution in [0, 0.1) is 17.3 Å². The third-order valence-electron chi connectivity index (χ3n) is 4.53. The van der Waals surface area contributed by atoms with Crippen LogP contribution in [0.25, 0.3) is 0 Å². The fourth-order valence-corrected chi connectivity index (χ4v) is 3.72. The van der Waals surface area contributed by atoms with E-state index in [0.717, 1.165) is 24.5 Å². The highest BCUT2D eigenvalue weighted by molar-refractivity contribution is 6.07. The maximum absolute atomic E-state index is 11.9. The van der Waals surface area contributed by atoms with Crippen molar-refractivity contribution in [1.82, 2.24) is 5.32 Å². The summed E-state index contributed by atoms with van der Waals surface area (Å²) in [4.78, 5) is 11.9. The van der Waals surface area contributed by atoms with E-state index < -0.39 is 0 Å². The molecule has 76 valence electrons. The van der Waals surface area contributed by atoms with Crippen LogP contribution in [-0.4, -0.2) is 12.3 Å². The summed E-state index contributed by atoms with van der Waals surface area (Å²) in [6.07, 6.45) is 10.4. The highest BCUT2D eigenvalue weighted by Crippen LogP contribution is 2.68. The second-order valence-corrected chi connectivity index (χ2v) is 5.08. The fourth-order valence-electron chi connectivity index (χ4n) is 3.72. The van der Waals surface area contributed by atoms with Gasteiger partial charge >= 0.3 is 0 Å². The Bertz CT molecular complexity index is 457. The lowest BCUT2D eigenvalue weighted by Crippen LogP contribution is -2.32. The Labute approximate surface area is 88.7 Å². The van der Waals surface area contributed by atoms with E-state index in [-0.39, 0.29) is 5.78 Å². The summed E-state index contributed by atoms with van der Waals surface area (Å²) in [6, 6.07) is 0. The van der Waals surface area contributed by atoms with Gasteiger partial charge in [0.25, 0.3) is 0 Å². The van der Waals surface area contributed by atoms with Crippen molar-refractivity contribution in [3.63, 3.8) is 0 Å². The first-order chi connectivity index (χ1) is 7.32. The maximum Gasteiger partial charge on any atom is 0.183 e. The van der Waals surface area contributed by atoms with E-state index in [0.29, 0.717) is 11.3 Å². The molecule has 0 radical (unpaired) electrons. The average Bonchev–Trinajstić information content (AvgIpc) is 2.89. The molecule has 0 amide bonds. The number of carbonyl (C=O) groups excluding carboxylic acids is 1. The number of rotatable bonds is 0. The summed E-state index contributed by atoms with van der Waals surface area (Å²) >= 11 is 0. The molecule has 1 aliphatic heterocycles. The summed E-state index contributed by atoms with van der Waals surface area (Å²) in [6.45, 7) is 1.08. The third kappa shape index (κ3) is 0.760. The average molecular weight is 199 g/mol. The molecule has 15 heavy (non-hydrogen) atoms. The Morgan fingerprint density at radius 2 is 2.40 bits per heavy atom. The lowest BCUT2D eigenvalue weighted by atomic mass is 9.71. The summed E-state index contributed by atoms with van der Waals surface area (Å²) < 4.78 is 0. The molecule has 4 aliphatic rings. The van der Waals surface area contributed by atoms with Gasteiger partial charge in [0, 0.05) is 35.2 Å². The third-order valence-corrected chi connectivity index (χ3v) is 4.53. The zero-order valence-corrected chi connectivity index (χ0v) is 8.49. The van der Waals surface area contributed by atoms with Crippen LogP contribution in [0.2, 0.25) is 0 Å². The summed E-state index contributed by atoms with van der Waals surface area (Å²) in [7, 11) is 0. The number of fused-ring (bicyclic) bond motifs is 1. The van der Waals surface area contributed by atoms with E-state index in [9.17, 15) is 4.79 Å². The maximum atomic E-state index is 11.9. The van der Waals surface area contributed by atoms with Crippen molar-refractivity contribution in [3.8, 4) is 0 Å². The van der Waals surface area contributed by atoms with Gasteiger partial charge < -0.3 is 5.32 Å². The quantitative estimate of drug-likeness (QED) is 0.641. The first-order valence-corrected chi connectivity index (χ1v) is 5.69. The standard InChI is InChI=1S/C13H13NO/c15-11-5-12-13(6-8(13)7-14-12)10-4-2-1-3-9(10)11/h1-3,5,8,10,14H,4,6-7H2. The van der Waals surface area contributed by atoms with E-state index in [2.05, 4.69) is 11.4 Å². The smallest absolute Gasteiger partial charge is 0.183 e. The molecule has 0 aromatic heterocycles. The lowest BCUT2D eigenvalue weighted by molar-refractivity contribution is -0.112. The molecule has 0 bridgehead atoms. The van der Waals surface area contributed by atoms with Gasteiger partial charge in [0.2, 0.25) is 0 Å². The minimum absolute atomic E-state index is 0.227. The normalized spacial score (nSPS) is 44.7. The molecule has 2 heteroatoms. The van der Waals surface area contributed by atoms with Crippen molar-refractivity contribution in [1.29, 1.82) is 0 Å². The molecule has 1 heterocycles. The van der Waals surface area contributed by atoms with Gasteiger partial charge in [0.05, 0.1) is 0 Å². The molecule has 1 saturated heterocycles. The van der Waals surface area contributed by atoms with E-state index in [1.165, 1.54) is 12.1 Å². The summed E-state index contributed by atoms with van der Waals surface area (Å²) in [5, 5.41) is 3.40. The van der Waals surface area contributed by atoms with Gasteiger partial charge in [-0.1, -0.05) is 18.2 Å². The molecule has 3 atom stereocenters. The van der Waals surface area contributed by atoms with Crippen LogP contribution in [0.1, 0.15) is 12.8 Å². The molecule has 1 N–H and O–H groups in total. The molecule has 2 nitrogen and oxygen atoms in total. The molecule has 3 unspecified atom stereocenters. The van der Waals surface area contributed by atoms with E-state index in [1.807, 2.05) is 18.2 Å². The van der Waals surface area contributed by atoms with Crippen LogP contribution >= 0.6 is 0 Å². The van der Waals surface area contributed by atoms with Gasteiger partial charge in [-0.25, -0.2) is 0 Å². The predicted octanol–water partition coefficient (Wildman–Crippen LogP) is 1.56. The van der Waals surface area contributed by atoms with E-state index >= 15 is 0 Å². The summed E-state index contributed by atoms with van der Waals surface area (Å²) in [5.74, 6) is 1.48. The van der Waals surface area contributed by atoms with Crippen molar-refractivity contribution in [3.05, 3.63) is 35.6 Å². The van der Waals surface area contributed by atoms with Crippen LogP contribution in [-0.2, 0) is 4.79 Å². The fraction of sp³-hybridized carbons (Fsp3) is 0.462. The first-order valence-electron chi connectivity index (χ1n) is 5.69. The molecule has 0 aromatic rings. The number of ketones is 1. The number of carbonyl (C=O) groups is 1. The minimum atomic E-state index is 0.227. The van der Waals surface area contributed by atoms with Crippen molar-refractivity contribution in [2.75, 3.05) is 6.54 Å². The number of piperidine rings is 1. The molecule has 4 rings (SSSR count). The molecule has 1 saturated carbocycles. The Morgan fingerprint density at radius 1 is 1.47 bits per heavy atom. The number of nitrogens with one attached hydrogen (secondary N) is 1. The number of hydrogen-bond donors (Lipinski definition) is 1. The molecule has 0 aromatic carbocycles. The highest BCUT2D eigenvalue weighted by Gasteiger charge is 2.66. The largest absolute Gasteiger partial charge is 0.387 e. The van der Waals surface area contributed by atoms with Gasteiger partial charge in [0.1, 0.15) is 0 Å². The summed E-state index contributed by atoms with van der Waals surface area (Å²) in [5.41, 5.74) is 2.62. The van der Waals surface area contributed by atoms with Crippen molar-refractivity contribution >= 4 is 5.78 Å². The van der Waals surface area contributed by atoms with Crippen LogP contribution < -0.4 is 5.32 Å². The van der Waals surface area contributed by atoms with Gasteiger partial charge in [-0.15, -0.1) is 0 Å². The molecular weight excluding hydrogens is 186 g/mol. The van der Waals surface area contributed by atoms with Gasteiger partial charge in [-0.2, -0.15) is 0 Å². The number of hydrogen-bond acceptors (Lipinski definition) is 2. The SMILES string of the molecule is O=C1C=C2NCC3CC23C2CC=CC=C12. The van der Waals surface area contributed by atoms with Crippen LogP contribution in [0.15, 0.2) is 35.6 Å². The lowest BCUT2D eigenvalue weighted by Gasteiger charge is -2.33. The van der Waals surface area contributed by atoms with E-state index in [4.69, 9.17) is 0 Å². The Hall–Kier alpha value is -1.31. The first kappa shape index (κ1) is 7.91. The monoisotopic (exact) mass is 199 g/mol. The van der Waals surface area contributed by atoms with Crippen LogP contribution in [0.5, 0.6) is 0 Å². The highest BCUT2D eigenvalue weighted by atomic mass is 16.1. The van der Waals surface area contributed by atoms with Crippen molar-refractivity contribution < 1.29 is 4.79 Å². The van der Waals surface area contributed by atoms with Gasteiger partial charge in [-0.3, -0.25) is 4.79 Å². The topological polar surface area (TPSA) is 29.1 Å². The molecule has 1 spiro atoms. The van der Waals surface area contributed by atoms with Crippen molar-refractivity contribution in [2.24, 2.45) is 17.3 Å². The van der Waals surface area contributed by atoms with Gasteiger partial charge in [-0.05, 0) is 18.8 Å². The van der Waals surface area contributed by atoms with E-state index in [1.54, 1.807) is 0 Å². The predicted molar refractivity (Wildman–Crippen MR) is 57.0 cm³/mol. The second-order valence-electron chi connectivity index (χ2n) is 5.08.